The lowest BCUT2D eigenvalue weighted by atomic mass is 10.2. The van der Waals surface area contributed by atoms with E-state index in [4.69, 9.17) is 9.15 Å². The number of rotatable bonds is 7. The van der Waals surface area contributed by atoms with Gasteiger partial charge in [0.25, 0.3) is 0 Å². The second-order valence-corrected chi connectivity index (χ2v) is 7.15. The number of carbonyl (C=O) groups is 1. The predicted molar refractivity (Wildman–Crippen MR) is 111 cm³/mol. The van der Waals surface area contributed by atoms with Crippen LogP contribution >= 0.6 is 11.3 Å². The summed E-state index contributed by atoms with van der Waals surface area (Å²) in [6, 6.07) is 17.2. The lowest BCUT2D eigenvalue weighted by molar-refractivity contribution is -0.116. The second kappa shape index (κ2) is 8.66. The molecule has 0 aliphatic rings. The van der Waals surface area contributed by atoms with Gasteiger partial charge in [0.05, 0.1) is 13.3 Å². The van der Waals surface area contributed by atoms with E-state index in [-0.39, 0.29) is 12.3 Å². The highest BCUT2D eigenvalue weighted by Crippen LogP contribution is 2.26. The van der Waals surface area contributed by atoms with Crippen molar-refractivity contribution in [1.29, 1.82) is 0 Å². The summed E-state index contributed by atoms with van der Waals surface area (Å²) in [5, 5.41) is 12.2. The number of carbonyl (C=O) groups excluding carboxylic acids is 1. The van der Waals surface area contributed by atoms with Crippen molar-refractivity contribution in [2.75, 3.05) is 12.4 Å². The third-order valence-electron chi connectivity index (χ3n) is 4.19. The Labute approximate surface area is 171 Å². The SMILES string of the molecule is COc1ccc(-c2cnc(CCC(=O)Nc3nnc(-c4ccccc4)s3)o2)cc1. The summed E-state index contributed by atoms with van der Waals surface area (Å²) >= 11 is 1.34. The Morgan fingerprint density at radius 1 is 1.07 bits per heavy atom. The van der Waals surface area contributed by atoms with Crippen molar-refractivity contribution < 1.29 is 13.9 Å². The average molecular weight is 406 g/mol. The van der Waals surface area contributed by atoms with Crippen LogP contribution in [0, 0.1) is 0 Å². The van der Waals surface area contributed by atoms with Crippen LogP contribution in [0.5, 0.6) is 5.75 Å². The van der Waals surface area contributed by atoms with Crippen LogP contribution in [0.3, 0.4) is 0 Å². The summed E-state index contributed by atoms with van der Waals surface area (Å²) in [5.41, 5.74) is 1.87. The minimum Gasteiger partial charge on any atom is -0.497 e. The quantitative estimate of drug-likeness (QED) is 0.488. The van der Waals surface area contributed by atoms with Gasteiger partial charge in [0.2, 0.25) is 11.0 Å². The van der Waals surface area contributed by atoms with Crippen LogP contribution in [0.2, 0.25) is 0 Å². The molecule has 1 N–H and O–H groups in total. The fourth-order valence-corrected chi connectivity index (χ4v) is 3.45. The fourth-order valence-electron chi connectivity index (χ4n) is 2.69. The van der Waals surface area contributed by atoms with E-state index in [1.54, 1.807) is 13.3 Å². The maximum atomic E-state index is 12.2. The summed E-state index contributed by atoms with van der Waals surface area (Å²) in [5.74, 6) is 1.77. The van der Waals surface area contributed by atoms with Gasteiger partial charge >= 0.3 is 0 Å². The molecule has 0 saturated carbocycles. The summed E-state index contributed by atoms with van der Waals surface area (Å²) in [6.45, 7) is 0. The number of hydrogen-bond acceptors (Lipinski definition) is 7. The van der Waals surface area contributed by atoms with E-state index in [9.17, 15) is 4.79 Å². The van der Waals surface area contributed by atoms with E-state index in [1.165, 1.54) is 11.3 Å². The van der Waals surface area contributed by atoms with Gasteiger partial charge in [-0.15, -0.1) is 10.2 Å². The maximum Gasteiger partial charge on any atom is 0.226 e. The first kappa shape index (κ1) is 18.8. The van der Waals surface area contributed by atoms with E-state index < -0.39 is 0 Å². The average Bonchev–Trinajstić information content (AvgIpc) is 3.43. The largest absolute Gasteiger partial charge is 0.497 e. The van der Waals surface area contributed by atoms with Crippen molar-refractivity contribution in [3.05, 3.63) is 66.7 Å². The molecule has 7 nitrogen and oxygen atoms in total. The van der Waals surface area contributed by atoms with Gasteiger partial charge in [-0.25, -0.2) is 4.98 Å². The number of hydrogen-bond donors (Lipinski definition) is 1. The molecule has 0 radical (unpaired) electrons. The standard InChI is InChI=1S/C21H18N4O3S/c1-27-16-9-7-14(8-10-16)17-13-22-19(28-17)12-11-18(26)23-21-25-24-20(29-21)15-5-3-2-4-6-15/h2-10,13H,11-12H2,1H3,(H,23,25,26). The molecule has 0 aliphatic carbocycles. The van der Waals surface area contributed by atoms with E-state index in [0.29, 0.717) is 23.2 Å². The molecule has 8 heteroatoms. The zero-order valence-corrected chi connectivity index (χ0v) is 16.5. The number of aryl methyl sites for hydroxylation is 1. The molecule has 4 rings (SSSR count). The zero-order valence-electron chi connectivity index (χ0n) is 15.7. The van der Waals surface area contributed by atoms with Gasteiger partial charge in [-0.05, 0) is 24.3 Å². The second-order valence-electron chi connectivity index (χ2n) is 6.17. The summed E-state index contributed by atoms with van der Waals surface area (Å²) in [7, 11) is 1.62. The highest BCUT2D eigenvalue weighted by Gasteiger charge is 2.12. The fraction of sp³-hybridized carbons (Fsp3) is 0.143. The molecule has 0 aliphatic heterocycles. The number of oxazole rings is 1. The molecule has 4 aromatic rings. The van der Waals surface area contributed by atoms with E-state index in [0.717, 1.165) is 21.9 Å². The summed E-state index contributed by atoms with van der Waals surface area (Å²) in [6.07, 6.45) is 2.29. The van der Waals surface area contributed by atoms with Crippen molar-refractivity contribution in [3.8, 4) is 27.6 Å². The zero-order chi connectivity index (χ0) is 20.1. The molecule has 146 valence electrons. The van der Waals surface area contributed by atoms with Gasteiger partial charge in [0.15, 0.2) is 11.7 Å². The Bertz CT molecular complexity index is 1090. The lowest BCUT2D eigenvalue weighted by Crippen LogP contribution is -2.12. The lowest BCUT2D eigenvalue weighted by Gasteiger charge is -2.00. The Kier molecular flexibility index (Phi) is 5.62. The van der Waals surface area contributed by atoms with E-state index in [2.05, 4.69) is 20.5 Å². The van der Waals surface area contributed by atoms with Gasteiger partial charge in [-0.1, -0.05) is 41.7 Å². The molecule has 2 heterocycles. The first-order chi connectivity index (χ1) is 14.2. The molecular formula is C21H18N4O3S. The molecule has 0 atom stereocenters. The van der Waals surface area contributed by atoms with Crippen molar-refractivity contribution in [2.45, 2.75) is 12.8 Å². The van der Waals surface area contributed by atoms with Crippen LogP contribution in [0.25, 0.3) is 21.9 Å². The van der Waals surface area contributed by atoms with Crippen LogP contribution < -0.4 is 10.1 Å². The van der Waals surface area contributed by atoms with Crippen LogP contribution in [-0.2, 0) is 11.2 Å². The molecule has 2 aromatic heterocycles. The van der Waals surface area contributed by atoms with Gasteiger partial charge in [-0.3, -0.25) is 4.79 Å². The Morgan fingerprint density at radius 2 is 1.86 bits per heavy atom. The smallest absolute Gasteiger partial charge is 0.226 e. The normalized spacial score (nSPS) is 10.7. The number of methoxy groups -OCH3 is 1. The number of ether oxygens (including phenoxy) is 1. The Hall–Kier alpha value is -3.52. The molecule has 0 bridgehead atoms. The molecule has 29 heavy (non-hydrogen) atoms. The highest BCUT2D eigenvalue weighted by atomic mass is 32.1. The highest BCUT2D eigenvalue weighted by molar-refractivity contribution is 7.18. The number of anilines is 1. The molecule has 1 amide bonds. The summed E-state index contributed by atoms with van der Waals surface area (Å²) in [4.78, 5) is 16.5. The van der Waals surface area contributed by atoms with Crippen molar-refractivity contribution in [1.82, 2.24) is 15.2 Å². The van der Waals surface area contributed by atoms with E-state index in [1.807, 2.05) is 54.6 Å². The number of aromatic nitrogens is 3. The molecule has 0 unspecified atom stereocenters. The minimum absolute atomic E-state index is 0.162. The van der Waals surface area contributed by atoms with Crippen LogP contribution in [-0.4, -0.2) is 28.2 Å². The van der Waals surface area contributed by atoms with Crippen molar-refractivity contribution in [2.24, 2.45) is 0 Å². The first-order valence-corrected chi connectivity index (χ1v) is 9.81. The molecule has 0 fully saturated rings. The van der Waals surface area contributed by atoms with Gasteiger partial charge in [0, 0.05) is 24.0 Å². The Balaban J connectivity index is 1.32. The molecule has 2 aromatic carbocycles. The number of amides is 1. The molecule has 0 saturated heterocycles. The number of nitrogens with zero attached hydrogens (tertiary/aromatic N) is 3. The molecular weight excluding hydrogens is 388 g/mol. The minimum atomic E-state index is -0.162. The third-order valence-corrected chi connectivity index (χ3v) is 5.07. The third kappa shape index (κ3) is 4.67. The Morgan fingerprint density at radius 3 is 2.62 bits per heavy atom. The topological polar surface area (TPSA) is 90.1 Å². The van der Waals surface area contributed by atoms with Crippen LogP contribution in [0.4, 0.5) is 5.13 Å². The van der Waals surface area contributed by atoms with Gasteiger partial charge in [-0.2, -0.15) is 0 Å². The monoisotopic (exact) mass is 406 g/mol. The first-order valence-electron chi connectivity index (χ1n) is 8.99. The van der Waals surface area contributed by atoms with Crippen LogP contribution in [0.15, 0.2) is 65.2 Å². The van der Waals surface area contributed by atoms with Gasteiger partial charge < -0.3 is 14.5 Å². The van der Waals surface area contributed by atoms with Crippen molar-refractivity contribution >= 4 is 22.4 Å². The molecule has 0 spiro atoms. The van der Waals surface area contributed by atoms with E-state index >= 15 is 0 Å². The number of benzene rings is 2. The van der Waals surface area contributed by atoms with Crippen LogP contribution in [0.1, 0.15) is 12.3 Å². The maximum absolute atomic E-state index is 12.2. The predicted octanol–water partition coefficient (Wildman–Crippen LogP) is 4.44. The summed E-state index contributed by atoms with van der Waals surface area (Å²) < 4.78 is 10.9. The number of nitrogens with one attached hydrogen (secondary N) is 1. The van der Waals surface area contributed by atoms with Crippen molar-refractivity contribution in [3.63, 3.8) is 0 Å². The van der Waals surface area contributed by atoms with Gasteiger partial charge in [0.1, 0.15) is 10.8 Å².